The Hall–Kier alpha value is -1.92. The maximum Gasteiger partial charge on any atom is 0.121 e. The van der Waals surface area contributed by atoms with E-state index in [1.54, 1.807) is 12.1 Å². The van der Waals surface area contributed by atoms with Gasteiger partial charge in [0.05, 0.1) is 12.7 Å². The molecule has 0 aliphatic rings. The summed E-state index contributed by atoms with van der Waals surface area (Å²) in [6, 6.07) is 15.4. The normalized spacial score (nSPS) is 12.2. The third-order valence-electron chi connectivity index (χ3n) is 4.99. The molecule has 2 aromatic carbocycles. The smallest absolute Gasteiger partial charge is 0.121 e. The van der Waals surface area contributed by atoms with Crippen LogP contribution in [0.2, 0.25) is 0 Å². The summed E-state index contributed by atoms with van der Waals surface area (Å²) in [6.45, 7) is 2.70. The lowest BCUT2D eigenvalue weighted by atomic mass is 10.1. The van der Waals surface area contributed by atoms with Crippen LogP contribution in [0.4, 0.5) is 0 Å². The first-order chi connectivity index (χ1) is 14.2. The molecule has 29 heavy (non-hydrogen) atoms. The molecule has 0 aliphatic carbocycles. The van der Waals surface area contributed by atoms with Gasteiger partial charge in [-0.25, -0.2) is 0 Å². The van der Waals surface area contributed by atoms with Crippen LogP contribution in [-0.4, -0.2) is 41.6 Å². The van der Waals surface area contributed by atoms with E-state index < -0.39 is 6.10 Å². The monoisotopic (exact) mass is 401 g/mol. The van der Waals surface area contributed by atoms with Crippen LogP contribution in [0.15, 0.2) is 48.5 Å². The number of hydrogen-bond acceptors (Lipinski definition) is 5. The Morgan fingerprint density at radius 2 is 1.66 bits per heavy atom. The van der Waals surface area contributed by atoms with Crippen molar-refractivity contribution in [1.82, 2.24) is 5.32 Å². The van der Waals surface area contributed by atoms with Crippen molar-refractivity contribution in [2.24, 2.45) is 0 Å². The molecule has 4 N–H and O–H groups in total. The van der Waals surface area contributed by atoms with Gasteiger partial charge in [-0.3, -0.25) is 0 Å². The first-order valence-electron chi connectivity index (χ1n) is 10.6. The van der Waals surface area contributed by atoms with Gasteiger partial charge >= 0.3 is 0 Å². The molecular formula is C24H35NO4. The molecular weight excluding hydrogens is 366 g/mol. The van der Waals surface area contributed by atoms with E-state index in [1.165, 1.54) is 11.6 Å². The minimum atomic E-state index is -0.653. The standard InChI is InChI=1S/C24H35NO4/c26-19-22-17-21(12-13-23(22)27)24(28)18-25-14-6-2-7-15-29-16-8-5-11-20-9-3-1-4-10-20/h1,3-4,9-10,12-13,17,24-28H,2,5-8,11,14-16,18-19H2. The molecule has 0 aromatic heterocycles. The van der Waals surface area contributed by atoms with Crippen molar-refractivity contribution in [3.05, 3.63) is 65.2 Å². The fraction of sp³-hybridized carbons (Fsp3) is 0.500. The van der Waals surface area contributed by atoms with Gasteiger partial charge in [-0.1, -0.05) is 36.4 Å². The molecule has 1 unspecified atom stereocenters. The Morgan fingerprint density at radius 1 is 0.897 bits per heavy atom. The SMILES string of the molecule is OCc1cc(C(O)CNCCCCCOCCCCc2ccccc2)ccc1O. The van der Waals surface area contributed by atoms with Gasteiger partial charge in [0.25, 0.3) is 0 Å². The molecule has 0 aliphatic heterocycles. The van der Waals surface area contributed by atoms with Crippen molar-refractivity contribution in [1.29, 1.82) is 0 Å². The maximum absolute atomic E-state index is 10.2. The van der Waals surface area contributed by atoms with Gasteiger partial charge in [-0.05, 0) is 68.3 Å². The second kappa shape index (κ2) is 14.1. The topological polar surface area (TPSA) is 82.0 Å². The van der Waals surface area contributed by atoms with Gasteiger partial charge in [-0.2, -0.15) is 0 Å². The van der Waals surface area contributed by atoms with Gasteiger partial charge in [0.2, 0.25) is 0 Å². The number of aliphatic hydroxyl groups is 2. The number of aliphatic hydroxyl groups excluding tert-OH is 2. The first kappa shape index (κ1) is 23.4. The van der Waals surface area contributed by atoms with Crippen LogP contribution in [0.3, 0.4) is 0 Å². The zero-order chi connectivity index (χ0) is 20.7. The number of nitrogens with one attached hydrogen (secondary N) is 1. The van der Waals surface area contributed by atoms with Crippen molar-refractivity contribution in [2.45, 2.75) is 51.2 Å². The lowest BCUT2D eigenvalue weighted by Gasteiger charge is -2.14. The van der Waals surface area contributed by atoms with Crippen LogP contribution in [0.5, 0.6) is 5.75 Å². The molecule has 5 heteroatoms. The zero-order valence-electron chi connectivity index (χ0n) is 17.2. The average molecular weight is 402 g/mol. The molecule has 0 spiro atoms. The van der Waals surface area contributed by atoms with E-state index in [0.29, 0.717) is 17.7 Å². The van der Waals surface area contributed by atoms with E-state index in [9.17, 15) is 15.3 Å². The van der Waals surface area contributed by atoms with Gasteiger partial charge in [0.1, 0.15) is 5.75 Å². The number of ether oxygens (including phenoxy) is 1. The average Bonchev–Trinajstić information content (AvgIpc) is 2.75. The minimum absolute atomic E-state index is 0.0508. The molecule has 0 radical (unpaired) electrons. The van der Waals surface area contributed by atoms with Crippen LogP contribution >= 0.6 is 0 Å². The Labute approximate surface area is 174 Å². The molecule has 2 aromatic rings. The molecule has 1 atom stereocenters. The number of phenols is 1. The summed E-state index contributed by atoms with van der Waals surface area (Å²) in [6.07, 6.45) is 5.93. The highest BCUT2D eigenvalue weighted by Gasteiger charge is 2.09. The van der Waals surface area contributed by atoms with E-state index in [1.807, 2.05) is 6.07 Å². The van der Waals surface area contributed by atoms with Crippen molar-refractivity contribution in [2.75, 3.05) is 26.3 Å². The van der Waals surface area contributed by atoms with E-state index in [4.69, 9.17) is 4.74 Å². The van der Waals surface area contributed by atoms with Crippen molar-refractivity contribution in [3.8, 4) is 5.75 Å². The minimum Gasteiger partial charge on any atom is -0.508 e. The second-order valence-electron chi connectivity index (χ2n) is 7.38. The van der Waals surface area contributed by atoms with Gasteiger partial charge in [-0.15, -0.1) is 0 Å². The molecule has 0 heterocycles. The fourth-order valence-electron chi connectivity index (χ4n) is 3.21. The largest absolute Gasteiger partial charge is 0.508 e. The second-order valence-corrected chi connectivity index (χ2v) is 7.38. The molecule has 0 fully saturated rings. The summed E-state index contributed by atoms with van der Waals surface area (Å²) >= 11 is 0. The van der Waals surface area contributed by atoms with Crippen molar-refractivity contribution in [3.63, 3.8) is 0 Å². The molecule has 0 saturated carbocycles. The number of benzene rings is 2. The lowest BCUT2D eigenvalue weighted by Crippen LogP contribution is -2.22. The van der Waals surface area contributed by atoms with Crippen molar-refractivity contribution < 1.29 is 20.1 Å². The van der Waals surface area contributed by atoms with Crippen LogP contribution in [-0.2, 0) is 17.8 Å². The van der Waals surface area contributed by atoms with Gasteiger partial charge < -0.3 is 25.4 Å². The van der Waals surface area contributed by atoms with Crippen LogP contribution in [0, 0.1) is 0 Å². The van der Waals surface area contributed by atoms with E-state index in [2.05, 4.69) is 29.6 Å². The number of hydrogen-bond donors (Lipinski definition) is 4. The van der Waals surface area contributed by atoms with Crippen LogP contribution in [0.25, 0.3) is 0 Å². The highest BCUT2D eigenvalue weighted by molar-refractivity contribution is 5.36. The Balaban J connectivity index is 1.41. The molecule has 0 saturated heterocycles. The molecule has 160 valence electrons. The number of aryl methyl sites for hydroxylation is 1. The highest BCUT2D eigenvalue weighted by Crippen LogP contribution is 2.22. The van der Waals surface area contributed by atoms with E-state index in [0.717, 1.165) is 58.3 Å². The maximum atomic E-state index is 10.2. The summed E-state index contributed by atoms with van der Waals surface area (Å²) in [5.74, 6) is 0.0508. The Kier molecular flexibility index (Phi) is 11.4. The van der Waals surface area contributed by atoms with Gasteiger partial charge in [0.15, 0.2) is 0 Å². The fourth-order valence-corrected chi connectivity index (χ4v) is 3.21. The van der Waals surface area contributed by atoms with Gasteiger partial charge in [0, 0.05) is 25.3 Å². The highest BCUT2D eigenvalue weighted by atomic mass is 16.5. The molecule has 0 amide bonds. The molecule has 5 nitrogen and oxygen atoms in total. The summed E-state index contributed by atoms with van der Waals surface area (Å²) in [5.41, 5.74) is 2.52. The summed E-state index contributed by atoms with van der Waals surface area (Å²) in [4.78, 5) is 0. The quantitative estimate of drug-likeness (QED) is 0.342. The molecule has 0 bridgehead atoms. The summed E-state index contributed by atoms with van der Waals surface area (Å²) in [5, 5.41) is 32.2. The number of rotatable bonds is 15. The lowest BCUT2D eigenvalue weighted by molar-refractivity contribution is 0.126. The van der Waals surface area contributed by atoms with E-state index >= 15 is 0 Å². The molecule has 2 rings (SSSR count). The zero-order valence-corrected chi connectivity index (χ0v) is 17.2. The summed E-state index contributed by atoms with van der Waals surface area (Å²) < 4.78 is 5.70. The number of aromatic hydroxyl groups is 1. The predicted molar refractivity (Wildman–Crippen MR) is 116 cm³/mol. The van der Waals surface area contributed by atoms with Crippen LogP contribution < -0.4 is 5.32 Å². The van der Waals surface area contributed by atoms with Crippen molar-refractivity contribution >= 4 is 0 Å². The summed E-state index contributed by atoms with van der Waals surface area (Å²) in [7, 11) is 0. The van der Waals surface area contributed by atoms with Crippen LogP contribution in [0.1, 0.15) is 54.9 Å². The van der Waals surface area contributed by atoms with E-state index in [-0.39, 0.29) is 12.4 Å². The predicted octanol–water partition coefficient (Wildman–Crippen LogP) is 3.72. The number of unbranched alkanes of at least 4 members (excludes halogenated alkanes) is 3. The first-order valence-corrected chi connectivity index (χ1v) is 10.6. The Morgan fingerprint density at radius 3 is 2.41 bits per heavy atom. The third kappa shape index (κ3) is 9.41. The Bertz CT molecular complexity index is 678. The third-order valence-corrected chi connectivity index (χ3v) is 4.99.